The van der Waals surface area contributed by atoms with Gasteiger partial charge in [-0.2, -0.15) is 0 Å². The molecule has 6 nitrogen and oxygen atoms in total. The third kappa shape index (κ3) is 5.18. The van der Waals surface area contributed by atoms with Gasteiger partial charge in [0, 0.05) is 58.8 Å². The summed E-state index contributed by atoms with van der Waals surface area (Å²) in [6.07, 6.45) is 3.67. The summed E-state index contributed by atoms with van der Waals surface area (Å²) in [5.41, 5.74) is 2.01. The number of carbonyl (C=O) groups excluding carboxylic acids is 1. The number of H-pyrrole nitrogens is 1. The molecule has 3 rings (SSSR count). The molecule has 0 spiro atoms. The maximum atomic E-state index is 14.0. The molecule has 2 aromatic heterocycles. The molecule has 0 bridgehead atoms. The number of aromatic nitrogens is 3. The Bertz CT molecular complexity index is 1100. The van der Waals surface area contributed by atoms with Gasteiger partial charge >= 0.3 is 0 Å². The molecule has 3 aromatic rings. The van der Waals surface area contributed by atoms with Crippen LogP contribution in [0.5, 0.6) is 0 Å². The highest BCUT2D eigenvalue weighted by Crippen LogP contribution is 2.18. The molecule has 0 aliphatic rings. The fourth-order valence-corrected chi connectivity index (χ4v) is 3.60. The summed E-state index contributed by atoms with van der Waals surface area (Å²) in [6, 6.07) is 8.19. The van der Waals surface area contributed by atoms with Crippen molar-refractivity contribution in [1.82, 2.24) is 19.9 Å². The number of aromatic amines is 1. The second kappa shape index (κ2) is 9.75. The van der Waals surface area contributed by atoms with Crippen LogP contribution in [0.2, 0.25) is 0 Å². The van der Waals surface area contributed by atoms with Crippen LogP contribution in [-0.4, -0.2) is 32.3 Å². The maximum Gasteiger partial charge on any atom is 0.254 e. The van der Waals surface area contributed by atoms with E-state index in [1.807, 2.05) is 6.92 Å². The van der Waals surface area contributed by atoms with Crippen LogP contribution in [0.25, 0.3) is 11.4 Å². The van der Waals surface area contributed by atoms with E-state index in [2.05, 4.69) is 30.9 Å². The molecule has 0 fully saturated rings. The second-order valence-electron chi connectivity index (χ2n) is 6.86. The molecule has 2 heterocycles. The summed E-state index contributed by atoms with van der Waals surface area (Å²) in [6.45, 7) is 4.22. The van der Waals surface area contributed by atoms with Crippen LogP contribution in [-0.2, 0) is 17.8 Å². The van der Waals surface area contributed by atoms with Crippen LogP contribution in [0.15, 0.2) is 52.0 Å². The van der Waals surface area contributed by atoms with Gasteiger partial charge in [-0.25, -0.2) is 9.37 Å². The van der Waals surface area contributed by atoms with Gasteiger partial charge in [0.15, 0.2) is 0 Å². The molecule has 0 aliphatic heterocycles. The number of hydrogen-bond acceptors (Lipinski definition) is 4. The molecule has 0 radical (unpaired) electrons. The van der Waals surface area contributed by atoms with E-state index in [9.17, 15) is 14.0 Å². The Kier molecular flexibility index (Phi) is 7.10. The van der Waals surface area contributed by atoms with Crippen molar-refractivity contribution in [1.29, 1.82) is 0 Å². The third-order valence-electron chi connectivity index (χ3n) is 4.87. The Hall–Kier alpha value is -2.87. The minimum absolute atomic E-state index is 0.143. The summed E-state index contributed by atoms with van der Waals surface area (Å²) in [5.74, 6) is -0.0307. The van der Waals surface area contributed by atoms with E-state index in [1.165, 1.54) is 6.07 Å². The van der Waals surface area contributed by atoms with E-state index in [4.69, 9.17) is 0 Å². The largest absolute Gasteiger partial charge is 0.339 e. The standard InChI is InChI=1S/C22H22BrFN4O2/c1-3-28(13-16-12-17(23)4-6-19(16)24)20(29)7-5-18-14(2)26-21(27-22(18)30)15-8-10-25-11-9-15/h4,6,8-12H,3,5,7,13H2,1-2H3,(H,26,27,30). The minimum Gasteiger partial charge on any atom is -0.339 e. The summed E-state index contributed by atoms with van der Waals surface area (Å²) < 4.78 is 14.8. The third-order valence-corrected chi connectivity index (χ3v) is 5.36. The first-order chi connectivity index (χ1) is 14.4. The van der Waals surface area contributed by atoms with Crippen LogP contribution in [0.1, 0.15) is 30.2 Å². The molecule has 0 saturated carbocycles. The molecule has 0 atom stereocenters. The highest BCUT2D eigenvalue weighted by Gasteiger charge is 2.17. The lowest BCUT2D eigenvalue weighted by Crippen LogP contribution is -2.31. The van der Waals surface area contributed by atoms with Gasteiger partial charge in [-0.3, -0.25) is 14.6 Å². The monoisotopic (exact) mass is 472 g/mol. The SMILES string of the molecule is CCN(Cc1cc(Br)ccc1F)C(=O)CCc1c(C)nc(-c2ccncc2)[nH]c1=O. The van der Waals surface area contributed by atoms with Crippen molar-refractivity contribution in [2.45, 2.75) is 33.2 Å². The summed E-state index contributed by atoms with van der Waals surface area (Å²) in [4.78, 5) is 38.1. The van der Waals surface area contributed by atoms with E-state index >= 15 is 0 Å². The summed E-state index contributed by atoms with van der Waals surface area (Å²) in [7, 11) is 0. The molecule has 156 valence electrons. The summed E-state index contributed by atoms with van der Waals surface area (Å²) in [5, 5.41) is 0. The molecule has 1 N–H and O–H groups in total. The van der Waals surface area contributed by atoms with E-state index in [0.29, 0.717) is 29.2 Å². The van der Waals surface area contributed by atoms with Crippen LogP contribution in [0, 0.1) is 12.7 Å². The van der Waals surface area contributed by atoms with Crippen LogP contribution >= 0.6 is 15.9 Å². The number of nitrogens with zero attached hydrogens (tertiary/aromatic N) is 3. The molecule has 1 amide bonds. The van der Waals surface area contributed by atoms with Gasteiger partial charge in [-0.05, 0) is 50.6 Å². The maximum absolute atomic E-state index is 14.0. The number of halogens is 2. The number of hydrogen-bond donors (Lipinski definition) is 1. The van der Waals surface area contributed by atoms with E-state index in [-0.39, 0.29) is 36.7 Å². The first kappa shape index (κ1) is 21.8. The Morgan fingerprint density at radius 2 is 1.97 bits per heavy atom. The Balaban J connectivity index is 1.71. The number of nitrogens with one attached hydrogen (secondary N) is 1. The lowest BCUT2D eigenvalue weighted by atomic mass is 10.1. The number of amides is 1. The van der Waals surface area contributed by atoms with Crippen molar-refractivity contribution >= 4 is 21.8 Å². The molecule has 1 aromatic carbocycles. The number of aryl methyl sites for hydroxylation is 1. The molecule has 30 heavy (non-hydrogen) atoms. The number of carbonyl (C=O) groups is 1. The highest BCUT2D eigenvalue weighted by atomic mass is 79.9. The second-order valence-corrected chi connectivity index (χ2v) is 7.77. The van der Waals surface area contributed by atoms with E-state index in [0.717, 1.165) is 10.0 Å². The van der Waals surface area contributed by atoms with Crippen molar-refractivity contribution in [2.24, 2.45) is 0 Å². The quantitative estimate of drug-likeness (QED) is 0.562. The lowest BCUT2D eigenvalue weighted by molar-refractivity contribution is -0.131. The average molecular weight is 473 g/mol. The zero-order valence-electron chi connectivity index (χ0n) is 16.8. The predicted octanol–water partition coefficient (Wildman–Crippen LogP) is 4.02. The Labute approximate surface area is 182 Å². The lowest BCUT2D eigenvalue weighted by Gasteiger charge is -2.21. The van der Waals surface area contributed by atoms with Crippen molar-refractivity contribution in [2.75, 3.05) is 6.54 Å². The van der Waals surface area contributed by atoms with Crippen LogP contribution in [0.4, 0.5) is 4.39 Å². The Morgan fingerprint density at radius 1 is 1.23 bits per heavy atom. The summed E-state index contributed by atoms with van der Waals surface area (Å²) >= 11 is 3.33. The smallest absolute Gasteiger partial charge is 0.254 e. The zero-order valence-corrected chi connectivity index (χ0v) is 18.4. The first-order valence-corrected chi connectivity index (χ1v) is 10.4. The van der Waals surface area contributed by atoms with Crippen LogP contribution < -0.4 is 5.56 Å². The van der Waals surface area contributed by atoms with Crippen molar-refractivity contribution in [3.63, 3.8) is 0 Å². The van der Waals surface area contributed by atoms with Crippen molar-refractivity contribution in [3.8, 4) is 11.4 Å². The van der Waals surface area contributed by atoms with Gasteiger partial charge in [-0.15, -0.1) is 0 Å². The van der Waals surface area contributed by atoms with Crippen LogP contribution in [0.3, 0.4) is 0 Å². The highest BCUT2D eigenvalue weighted by molar-refractivity contribution is 9.10. The van der Waals surface area contributed by atoms with Gasteiger partial charge in [0.2, 0.25) is 5.91 Å². The van der Waals surface area contributed by atoms with Gasteiger partial charge < -0.3 is 9.88 Å². The first-order valence-electron chi connectivity index (χ1n) is 9.61. The Morgan fingerprint density at radius 3 is 2.63 bits per heavy atom. The zero-order chi connectivity index (χ0) is 21.7. The van der Waals surface area contributed by atoms with Gasteiger partial charge in [0.1, 0.15) is 11.6 Å². The molecular weight excluding hydrogens is 451 g/mol. The van der Waals surface area contributed by atoms with Crippen molar-refractivity contribution in [3.05, 3.63) is 80.2 Å². The number of rotatable bonds is 7. The van der Waals surface area contributed by atoms with E-state index < -0.39 is 0 Å². The predicted molar refractivity (Wildman–Crippen MR) is 116 cm³/mol. The average Bonchev–Trinajstić information content (AvgIpc) is 2.74. The molecule has 0 unspecified atom stereocenters. The number of benzene rings is 1. The normalized spacial score (nSPS) is 10.8. The fraction of sp³-hybridized carbons (Fsp3) is 0.273. The molecular formula is C22H22BrFN4O2. The van der Waals surface area contributed by atoms with Gasteiger partial charge in [-0.1, -0.05) is 15.9 Å². The molecule has 8 heteroatoms. The minimum atomic E-state index is -0.354. The van der Waals surface area contributed by atoms with E-state index in [1.54, 1.807) is 48.5 Å². The van der Waals surface area contributed by atoms with Gasteiger partial charge in [0.25, 0.3) is 5.56 Å². The topological polar surface area (TPSA) is 79.0 Å². The molecule has 0 saturated heterocycles. The van der Waals surface area contributed by atoms with Gasteiger partial charge in [0.05, 0.1) is 0 Å². The van der Waals surface area contributed by atoms with Crippen molar-refractivity contribution < 1.29 is 9.18 Å². The fourth-order valence-electron chi connectivity index (χ4n) is 3.19. The molecule has 0 aliphatic carbocycles. The number of pyridine rings is 1.